The Bertz CT molecular complexity index is 964. The summed E-state index contributed by atoms with van der Waals surface area (Å²) in [6, 6.07) is 7.17. The van der Waals surface area contributed by atoms with Gasteiger partial charge in [-0.05, 0) is 70.9 Å². The van der Waals surface area contributed by atoms with Crippen LogP contribution in [-0.2, 0) is 19.1 Å². The van der Waals surface area contributed by atoms with Crippen LogP contribution < -0.4 is 0 Å². The number of carbonyl (C=O) groups is 3. The lowest BCUT2D eigenvalue weighted by molar-refractivity contribution is -0.140. The summed E-state index contributed by atoms with van der Waals surface area (Å²) in [5, 5.41) is 0. The lowest BCUT2D eigenvalue weighted by atomic mass is 9.69. The van der Waals surface area contributed by atoms with Crippen LogP contribution in [0, 0.1) is 12.3 Å². The van der Waals surface area contributed by atoms with E-state index in [-0.39, 0.29) is 18.6 Å². The number of aryl methyl sites for hydroxylation is 1. The van der Waals surface area contributed by atoms with Gasteiger partial charge in [-0.15, -0.1) is 0 Å². The van der Waals surface area contributed by atoms with E-state index in [0.717, 1.165) is 24.0 Å². The largest absolute Gasteiger partial charge is 0.457 e. The van der Waals surface area contributed by atoms with Gasteiger partial charge in [-0.3, -0.25) is 9.59 Å². The molecule has 1 fully saturated rings. The molecule has 1 aliphatic carbocycles. The maximum absolute atomic E-state index is 12.9. The highest BCUT2D eigenvalue weighted by molar-refractivity contribution is 6.00. The Balaban J connectivity index is 1.77. The Hall–Kier alpha value is -2.95. The van der Waals surface area contributed by atoms with E-state index < -0.39 is 29.6 Å². The topological polar surface area (TPSA) is 69.7 Å². The van der Waals surface area contributed by atoms with Gasteiger partial charge >= 0.3 is 11.9 Å². The minimum absolute atomic E-state index is 0.00289. The van der Waals surface area contributed by atoms with E-state index in [1.807, 2.05) is 26.0 Å². The number of cyclic esters (lactones) is 1. The highest BCUT2D eigenvalue weighted by Crippen LogP contribution is 2.45. The van der Waals surface area contributed by atoms with Crippen molar-refractivity contribution in [2.75, 3.05) is 0 Å². The van der Waals surface area contributed by atoms with Crippen molar-refractivity contribution in [2.45, 2.75) is 65.6 Å². The van der Waals surface area contributed by atoms with Crippen LogP contribution in [0.2, 0.25) is 0 Å². The predicted octanol–water partition coefficient (Wildman–Crippen LogP) is 5.04. The second kappa shape index (κ2) is 9.46. The Kier molecular flexibility index (Phi) is 6.94. The Labute approximate surface area is 183 Å². The first kappa shape index (κ1) is 22.7. The molecule has 0 saturated carbocycles. The molecule has 0 aromatic heterocycles. The van der Waals surface area contributed by atoms with Crippen LogP contribution in [0.15, 0.2) is 59.7 Å². The first-order valence-electron chi connectivity index (χ1n) is 10.7. The summed E-state index contributed by atoms with van der Waals surface area (Å²) < 4.78 is 11.2. The second-order valence-corrected chi connectivity index (χ2v) is 8.82. The number of ketones is 1. The SMILES string of the molecule is CC(C)=CCC/C(C)=C/[C@H]1OC(=O)CC12C[C@H](OC(=O)c1cccc(C)c1)C=CC2=O. The van der Waals surface area contributed by atoms with Crippen LogP contribution in [0.3, 0.4) is 0 Å². The zero-order valence-electron chi connectivity index (χ0n) is 18.6. The third-order valence-corrected chi connectivity index (χ3v) is 5.82. The Morgan fingerprint density at radius 2 is 2.03 bits per heavy atom. The van der Waals surface area contributed by atoms with Gasteiger partial charge in [-0.1, -0.05) is 34.9 Å². The van der Waals surface area contributed by atoms with Crippen LogP contribution in [0.4, 0.5) is 0 Å². The van der Waals surface area contributed by atoms with E-state index in [0.29, 0.717) is 5.56 Å². The fourth-order valence-corrected chi connectivity index (χ4v) is 4.14. The Morgan fingerprint density at radius 3 is 2.74 bits per heavy atom. The van der Waals surface area contributed by atoms with Crippen molar-refractivity contribution >= 4 is 17.7 Å². The second-order valence-electron chi connectivity index (χ2n) is 8.82. The smallest absolute Gasteiger partial charge is 0.338 e. The summed E-state index contributed by atoms with van der Waals surface area (Å²) in [7, 11) is 0. The van der Waals surface area contributed by atoms with Crippen LogP contribution >= 0.6 is 0 Å². The average Bonchev–Trinajstić information content (AvgIpc) is 2.99. The van der Waals surface area contributed by atoms with Crippen LogP contribution in [-0.4, -0.2) is 29.9 Å². The molecule has 5 heteroatoms. The average molecular weight is 423 g/mol. The van der Waals surface area contributed by atoms with E-state index in [1.54, 1.807) is 24.3 Å². The van der Waals surface area contributed by atoms with Crippen LogP contribution in [0.5, 0.6) is 0 Å². The maximum atomic E-state index is 12.9. The van der Waals surface area contributed by atoms with Gasteiger partial charge in [0.15, 0.2) is 5.78 Å². The number of benzene rings is 1. The molecule has 3 rings (SSSR count). The summed E-state index contributed by atoms with van der Waals surface area (Å²) in [4.78, 5) is 37.7. The molecule has 1 spiro atoms. The molecule has 1 aliphatic heterocycles. The minimum atomic E-state index is -1.03. The summed E-state index contributed by atoms with van der Waals surface area (Å²) in [6.07, 6.45) is 7.78. The lowest BCUT2D eigenvalue weighted by Crippen LogP contribution is -2.43. The molecule has 0 bridgehead atoms. The zero-order chi connectivity index (χ0) is 22.6. The molecular weight excluding hydrogens is 392 g/mol. The van der Waals surface area contributed by atoms with Crippen molar-refractivity contribution < 1.29 is 23.9 Å². The minimum Gasteiger partial charge on any atom is -0.457 e. The summed E-state index contributed by atoms with van der Waals surface area (Å²) in [5.41, 5.74) is 2.71. The molecule has 3 atom stereocenters. The van der Waals surface area contributed by atoms with Gasteiger partial charge in [0.2, 0.25) is 0 Å². The van der Waals surface area contributed by atoms with E-state index in [1.165, 1.54) is 11.6 Å². The standard InChI is InChI=1S/C26H30O5/c1-17(2)7-5-8-19(4)14-23-26(16-24(28)31-23)15-21(11-12-22(26)27)30-25(29)20-10-6-9-18(3)13-20/h6-7,9-14,21,23H,5,8,15-16H2,1-4H3/b19-14+/t21-,23-,26?/m1/s1. The van der Waals surface area contributed by atoms with Gasteiger partial charge in [0, 0.05) is 6.42 Å². The molecule has 1 aromatic carbocycles. The highest BCUT2D eigenvalue weighted by atomic mass is 16.6. The molecule has 164 valence electrons. The van der Waals surface area contributed by atoms with Gasteiger partial charge in [0.25, 0.3) is 0 Å². The van der Waals surface area contributed by atoms with Crippen molar-refractivity contribution in [1.29, 1.82) is 0 Å². The summed E-state index contributed by atoms with van der Waals surface area (Å²) >= 11 is 0. The number of hydrogen-bond donors (Lipinski definition) is 0. The fraction of sp³-hybridized carbons (Fsp3) is 0.423. The summed E-state index contributed by atoms with van der Waals surface area (Å²) in [5.74, 6) is -0.997. The van der Waals surface area contributed by atoms with Crippen molar-refractivity contribution in [3.63, 3.8) is 0 Å². The summed E-state index contributed by atoms with van der Waals surface area (Å²) in [6.45, 7) is 8.00. The van der Waals surface area contributed by atoms with Crippen molar-refractivity contribution in [2.24, 2.45) is 5.41 Å². The van der Waals surface area contributed by atoms with E-state index in [9.17, 15) is 14.4 Å². The molecule has 5 nitrogen and oxygen atoms in total. The molecule has 0 N–H and O–H groups in total. The monoisotopic (exact) mass is 422 g/mol. The fourth-order valence-electron chi connectivity index (χ4n) is 4.14. The molecule has 2 aliphatic rings. The van der Waals surface area contributed by atoms with E-state index in [4.69, 9.17) is 9.47 Å². The van der Waals surface area contributed by atoms with Gasteiger partial charge in [0.1, 0.15) is 12.2 Å². The number of esters is 2. The highest BCUT2D eigenvalue weighted by Gasteiger charge is 2.55. The van der Waals surface area contributed by atoms with Crippen molar-refractivity contribution in [1.82, 2.24) is 0 Å². The van der Waals surface area contributed by atoms with E-state index >= 15 is 0 Å². The number of allylic oxidation sites excluding steroid dienone is 4. The maximum Gasteiger partial charge on any atom is 0.338 e. The van der Waals surface area contributed by atoms with Crippen molar-refractivity contribution in [3.8, 4) is 0 Å². The zero-order valence-corrected chi connectivity index (χ0v) is 18.6. The molecule has 31 heavy (non-hydrogen) atoms. The third kappa shape index (κ3) is 5.40. The molecule has 1 saturated heterocycles. The number of rotatable bonds is 6. The molecular formula is C26H30O5. The quantitative estimate of drug-likeness (QED) is 0.474. The first-order chi connectivity index (χ1) is 14.7. The molecule has 1 unspecified atom stereocenters. The molecule has 0 radical (unpaired) electrons. The first-order valence-corrected chi connectivity index (χ1v) is 10.7. The van der Waals surface area contributed by atoms with Crippen LogP contribution in [0.1, 0.15) is 62.4 Å². The third-order valence-electron chi connectivity index (χ3n) is 5.82. The van der Waals surface area contributed by atoms with Gasteiger partial charge in [-0.2, -0.15) is 0 Å². The molecule has 0 amide bonds. The number of hydrogen-bond acceptors (Lipinski definition) is 5. The van der Waals surface area contributed by atoms with Gasteiger partial charge in [0.05, 0.1) is 17.4 Å². The van der Waals surface area contributed by atoms with Gasteiger partial charge in [-0.25, -0.2) is 4.79 Å². The normalized spacial score (nSPS) is 25.5. The molecule has 1 aromatic rings. The predicted molar refractivity (Wildman–Crippen MR) is 118 cm³/mol. The number of ether oxygens (including phenoxy) is 2. The number of carbonyl (C=O) groups excluding carboxylic acids is 3. The Morgan fingerprint density at radius 1 is 1.26 bits per heavy atom. The van der Waals surface area contributed by atoms with E-state index in [2.05, 4.69) is 19.9 Å². The van der Waals surface area contributed by atoms with Gasteiger partial charge < -0.3 is 9.47 Å². The van der Waals surface area contributed by atoms with Crippen molar-refractivity contribution in [3.05, 3.63) is 70.8 Å². The molecule has 1 heterocycles. The van der Waals surface area contributed by atoms with Crippen LogP contribution in [0.25, 0.3) is 0 Å². The lowest BCUT2D eigenvalue weighted by Gasteiger charge is -2.34.